The Morgan fingerprint density at radius 1 is 1.37 bits per heavy atom. The van der Waals surface area contributed by atoms with Crippen LogP contribution in [0.15, 0.2) is 41.0 Å². The van der Waals surface area contributed by atoms with Crippen molar-refractivity contribution in [1.82, 2.24) is 4.98 Å². The number of nitrogens with one attached hydrogen (secondary N) is 1. The van der Waals surface area contributed by atoms with Crippen LogP contribution in [0.5, 0.6) is 0 Å². The van der Waals surface area contributed by atoms with Gasteiger partial charge >= 0.3 is 0 Å². The summed E-state index contributed by atoms with van der Waals surface area (Å²) in [7, 11) is 0. The number of rotatable bonds is 2. The lowest BCUT2D eigenvalue weighted by Crippen LogP contribution is -2.13. The number of hydrogen-bond donors (Lipinski definition) is 1. The molecule has 0 aliphatic heterocycles. The molecule has 2 aromatic rings. The molecule has 0 aliphatic carbocycles. The van der Waals surface area contributed by atoms with Gasteiger partial charge in [-0.1, -0.05) is 27.5 Å². The second-order valence-electron chi connectivity index (χ2n) is 3.62. The molecule has 2 rings (SSSR count). The van der Waals surface area contributed by atoms with E-state index in [9.17, 15) is 4.79 Å². The van der Waals surface area contributed by atoms with Crippen molar-refractivity contribution in [2.24, 2.45) is 0 Å². The predicted molar refractivity (Wildman–Crippen MR) is 76.1 cm³/mol. The number of anilines is 1. The Morgan fingerprint density at radius 2 is 2.16 bits per heavy atom. The molecule has 1 aromatic carbocycles. The maximum atomic E-state index is 12.0. The summed E-state index contributed by atoms with van der Waals surface area (Å²) in [6.45, 7) is 0. The van der Waals surface area contributed by atoms with Gasteiger partial charge in [-0.2, -0.15) is 5.26 Å². The highest BCUT2D eigenvalue weighted by Gasteiger charge is 2.10. The molecular weight excluding hydrogens is 330 g/mol. The van der Waals surface area contributed by atoms with E-state index in [1.165, 1.54) is 12.3 Å². The SMILES string of the molecule is N#Cc1ccc(Br)cc1NC(=O)c1ccnc(Cl)c1. The normalized spacial score (nSPS) is 9.74. The van der Waals surface area contributed by atoms with E-state index in [1.807, 2.05) is 6.07 Å². The molecule has 1 heterocycles. The van der Waals surface area contributed by atoms with E-state index in [0.717, 1.165) is 4.47 Å². The largest absolute Gasteiger partial charge is 0.321 e. The summed E-state index contributed by atoms with van der Waals surface area (Å²) in [6, 6.07) is 10.0. The van der Waals surface area contributed by atoms with Crippen molar-refractivity contribution in [3.05, 3.63) is 57.3 Å². The summed E-state index contributed by atoms with van der Waals surface area (Å²) >= 11 is 9.02. The van der Waals surface area contributed by atoms with Crippen LogP contribution < -0.4 is 5.32 Å². The zero-order valence-corrected chi connectivity index (χ0v) is 11.9. The number of amides is 1. The zero-order valence-electron chi connectivity index (χ0n) is 9.52. The van der Waals surface area contributed by atoms with Crippen molar-refractivity contribution in [3.8, 4) is 6.07 Å². The van der Waals surface area contributed by atoms with Gasteiger partial charge in [0.25, 0.3) is 5.91 Å². The van der Waals surface area contributed by atoms with Gasteiger partial charge in [0, 0.05) is 16.2 Å². The molecule has 0 radical (unpaired) electrons. The molecule has 0 saturated heterocycles. The van der Waals surface area contributed by atoms with E-state index in [1.54, 1.807) is 24.3 Å². The topological polar surface area (TPSA) is 65.8 Å². The highest BCUT2D eigenvalue weighted by atomic mass is 79.9. The van der Waals surface area contributed by atoms with Gasteiger partial charge in [-0.05, 0) is 30.3 Å². The van der Waals surface area contributed by atoms with E-state index in [0.29, 0.717) is 16.8 Å². The number of pyridine rings is 1. The molecule has 1 N–H and O–H groups in total. The number of aromatic nitrogens is 1. The van der Waals surface area contributed by atoms with Crippen LogP contribution in [-0.4, -0.2) is 10.9 Å². The molecule has 0 fully saturated rings. The predicted octanol–water partition coefficient (Wildman–Crippen LogP) is 3.62. The molecule has 0 bridgehead atoms. The van der Waals surface area contributed by atoms with E-state index < -0.39 is 0 Å². The molecule has 19 heavy (non-hydrogen) atoms. The molecule has 94 valence electrons. The Kier molecular flexibility index (Phi) is 4.15. The quantitative estimate of drug-likeness (QED) is 0.852. The van der Waals surface area contributed by atoms with Crippen LogP contribution >= 0.6 is 27.5 Å². The molecule has 0 aliphatic rings. The second kappa shape index (κ2) is 5.83. The van der Waals surface area contributed by atoms with Crippen LogP contribution in [0.4, 0.5) is 5.69 Å². The average Bonchev–Trinajstić information content (AvgIpc) is 2.39. The number of carbonyl (C=O) groups is 1. The molecule has 4 nitrogen and oxygen atoms in total. The number of benzene rings is 1. The fourth-order valence-corrected chi connectivity index (χ4v) is 1.99. The lowest BCUT2D eigenvalue weighted by molar-refractivity contribution is 0.102. The molecule has 6 heteroatoms. The first-order valence-corrected chi connectivity index (χ1v) is 6.40. The van der Waals surface area contributed by atoms with Crippen LogP contribution in [0.2, 0.25) is 5.15 Å². The highest BCUT2D eigenvalue weighted by molar-refractivity contribution is 9.10. The monoisotopic (exact) mass is 335 g/mol. The van der Waals surface area contributed by atoms with Crippen molar-refractivity contribution in [3.63, 3.8) is 0 Å². The molecule has 0 atom stereocenters. The highest BCUT2D eigenvalue weighted by Crippen LogP contribution is 2.21. The third-order valence-corrected chi connectivity index (χ3v) is 3.04. The van der Waals surface area contributed by atoms with Gasteiger partial charge in [-0.15, -0.1) is 0 Å². The van der Waals surface area contributed by atoms with Crippen LogP contribution in [0.3, 0.4) is 0 Å². The lowest BCUT2D eigenvalue weighted by atomic mass is 10.2. The molecular formula is C13H7BrClN3O. The Morgan fingerprint density at radius 3 is 2.84 bits per heavy atom. The molecule has 0 saturated carbocycles. The Labute approximate surface area is 123 Å². The lowest BCUT2D eigenvalue weighted by Gasteiger charge is -2.07. The van der Waals surface area contributed by atoms with E-state index in [2.05, 4.69) is 26.2 Å². The molecule has 1 amide bonds. The average molecular weight is 337 g/mol. The standard InChI is InChI=1S/C13H7BrClN3O/c14-10-2-1-9(7-16)11(6-10)18-13(19)8-3-4-17-12(15)5-8/h1-6H,(H,18,19). The zero-order chi connectivity index (χ0) is 13.8. The molecule has 1 aromatic heterocycles. The number of halogens is 2. The molecule has 0 unspecified atom stereocenters. The number of carbonyl (C=O) groups excluding carboxylic acids is 1. The summed E-state index contributed by atoms with van der Waals surface area (Å²) in [5, 5.41) is 11.9. The first kappa shape index (κ1) is 13.5. The van der Waals surface area contributed by atoms with E-state index in [-0.39, 0.29) is 11.1 Å². The number of nitriles is 1. The summed E-state index contributed by atoms with van der Waals surface area (Å²) in [4.78, 5) is 15.8. The Balaban J connectivity index is 2.29. The summed E-state index contributed by atoms with van der Waals surface area (Å²) < 4.78 is 0.773. The van der Waals surface area contributed by atoms with Gasteiger partial charge < -0.3 is 5.32 Å². The third kappa shape index (κ3) is 3.31. The Hall–Kier alpha value is -1.90. The van der Waals surface area contributed by atoms with Crippen LogP contribution in [0.25, 0.3) is 0 Å². The third-order valence-electron chi connectivity index (χ3n) is 2.34. The first-order valence-electron chi connectivity index (χ1n) is 5.22. The maximum Gasteiger partial charge on any atom is 0.255 e. The van der Waals surface area contributed by atoms with Gasteiger partial charge in [0.15, 0.2) is 0 Å². The van der Waals surface area contributed by atoms with Gasteiger partial charge in [-0.25, -0.2) is 4.98 Å². The summed E-state index contributed by atoms with van der Waals surface area (Å²) in [5.41, 5.74) is 1.20. The van der Waals surface area contributed by atoms with Crippen molar-refractivity contribution < 1.29 is 4.79 Å². The fourth-order valence-electron chi connectivity index (χ4n) is 1.46. The van der Waals surface area contributed by atoms with Crippen molar-refractivity contribution in [2.45, 2.75) is 0 Å². The van der Waals surface area contributed by atoms with Gasteiger partial charge in [0.05, 0.1) is 11.3 Å². The van der Waals surface area contributed by atoms with Gasteiger partial charge in [0.2, 0.25) is 0 Å². The maximum absolute atomic E-state index is 12.0. The van der Waals surface area contributed by atoms with E-state index in [4.69, 9.17) is 16.9 Å². The summed E-state index contributed by atoms with van der Waals surface area (Å²) in [6.07, 6.45) is 1.45. The van der Waals surface area contributed by atoms with Crippen LogP contribution in [0, 0.1) is 11.3 Å². The minimum atomic E-state index is -0.348. The number of nitrogens with zero attached hydrogens (tertiary/aromatic N) is 2. The van der Waals surface area contributed by atoms with Crippen LogP contribution in [0.1, 0.15) is 15.9 Å². The van der Waals surface area contributed by atoms with Gasteiger partial charge in [-0.3, -0.25) is 4.79 Å². The van der Waals surface area contributed by atoms with E-state index >= 15 is 0 Å². The Bertz CT molecular complexity index is 682. The minimum absolute atomic E-state index is 0.238. The van der Waals surface area contributed by atoms with Crippen molar-refractivity contribution in [1.29, 1.82) is 5.26 Å². The number of hydrogen-bond acceptors (Lipinski definition) is 3. The second-order valence-corrected chi connectivity index (χ2v) is 4.93. The van der Waals surface area contributed by atoms with Crippen molar-refractivity contribution in [2.75, 3.05) is 5.32 Å². The van der Waals surface area contributed by atoms with Gasteiger partial charge in [0.1, 0.15) is 11.2 Å². The van der Waals surface area contributed by atoms with Crippen LogP contribution in [-0.2, 0) is 0 Å². The smallest absolute Gasteiger partial charge is 0.255 e. The van der Waals surface area contributed by atoms with Crippen molar-refractivity contribution >= 4 is 39.1 Å². The minimum Gasteiger partial charge on any atom is -0.321 e. The molecule has 0 spiro atoms. The fraction of sp³-hybridized carbons (Fsp3) is 0. The summed E-state index contributed by atoms with van der Waals surface area (Å²) in [5.74, 6) is -0.348. The first-order chi connectivity index (χ1) is 9.10.